The Bertz CT molecular complexity index is 3550. The maximum absolute atomic E-state index is 6.51. The van der Waals surface area contributed by atoms with Gasteiger partial charge < -0.3 is 8.83 Å². The largest absolute Gasteiger partial charge is 0.456 e. The molecule has 0 saturated carbocycles. The third-order valence-corrected chi connectivity index (χ3v) is 11.1. The van der Waals surface area contributed by atoms with Crippen molar-refractivity contribution < 1.29 is 8.83 Å². The topological polar surface area (TPSA) is 65.0 Å². The summed E-state index contributed by atoms with van der Waals surface area (Å²) in [5.41, 5.74) is 8.00. The van der Waals surface area contributed by atoms with Crippen LogP contribution >= 0.6 is 0 Å². The number of benzene rings is 9. The van der Waals surface area contributed by atoms with Crippen molar-refractivity contribution in [2.45, 2.75) is 0 Å². The zero-order valence-corrected chi connectivity index (χ0v) is 29.9. The van der Waals surface area contributed by atoms with Gasteiger partial charge in [0.05, 0.1) is 5.56 Å². The van der Waals surface area contributed by atoms with Crippen LogP contribution in [0.1, 0.15) is 0 Å². The van der Waals surface area contributed by atoms with Crippen LogP contribution in [0.3, 0.4) is 0 Å². The van der Waals surface area contributed by atoms with Crippen molar-refractivity contribution in [3.63, 3.8) is 0 Å². The van der Waals surface area contributed by atoms with Gasteiger partial charge in [0, 0.05) is 32.7 Å². The molecule has 0 aliphatic rings. The first-order valence-corrected chi connectivity index (χ1v) is 18.8. The van der Waals surface area contributed by atoms with E-state index in [0.29, 0.717) is 17.5 Å². The molecule has 260 valence electrons. The molecule has 5 heteroatoms. The predicted molar refractivity (Wildman–Crippen MR) is 229 cm³/mol. The molecule has 0 atom stereocenters. The van der Waals surface area contributed by atoms with E-state index in [-0.39, 0.29) is 0 Å². The molecule has 0 fully saturated rings. The van der Waals surface area contributed by atoms with E-state index in [1.165, 1.54) is 32.5 Å². The Morgan fingerprint density at radius 2 is 0.893 bits per heavy atom. The lowest BCUT2D eigenvalue weighted by atomic mass is 9.96. The van der Waals surface area contributed by atoms with Crippen molar-refractivity contribution in [2.24, 2.45) is 0 Å². The lowest BCUT2D eigenvalue weighted by Crippen LogP contribution is -2.00. The summed E-state index contributed by atoms with van der Waals surface area (Å²) in [7, 11) is 0. The quantitative estimate of drug-likeness (QED) is 0.170. The van der Waals surface area contributed by atoms with Gasteiger partial charge in [0.25, 0.3) is 0 Å². The molecule has 9 aromatic carbocycles. The third kappa shape index (κ3) is 4.71. The van der Waals surface area contributed by atoms with Crippen LogP contribution in [0, 0.1) is 0 Å². The summed E-state index contributed by atoms with van der Waals surface area (Å²) in [6.45, 7) is 0. The number of hydrogen-bond donors (Lipinski definition) is 0. The summed E-state index contributed by atoms with van der Waals surface area (Å²) in [5, 5.41) is 11.2. The van der Waals surface area contributed by atoms with Gasteiger partial charge in [-0.15, -0.1) is 0 Å². The van der Waals surface area contributed by atoms with Crippen molar-refractivity contribution in [3.8, 4) is 45.3 Å². The lowest BCUT2D eigenvalue weighted by Gasteiger charge is -2.11. The Kier molecular flexibility index (Phi) is 6.56. The molecule has 0 aliphatic heterocycles. The van der Waals surface area contributed by atoms with Crippen LogP contribution < -0.4 is 0 Å². The lowest BCUT2D eigenvalue weighted by molar-refractivity contribution is 0.668. The van der Waals surface area contributed by atoms with Crippen molar-refractivity contribution in [1.82, 2.24) is 15.0 Å². The smallest absolute Gasteiger partial charge is 0.167 e. The first-order chi connectivity index (χ1) is 27.7. The molecule has 0 amide bonds. The summed E-state index contributed by atoms with van der Waals surface area (Å²) in [4.78, 5) is 15.7. The van der Waals surface area contributed by atoms with Crippen LogP contribution in [0.5, 0.6) is 0 Å². The molecule has 0 spiro atoms. The van der Waals surface area contributed by atoms with Gasteiger partial charge in [0.2, 0.25) is 0 Å². The fourth-order valence-electron chi connectivity index (χ4n) is 8.48. The van der Waals surface area contributed by atoms with Gasteiger partial charge in [0.1, 0.15) is 22.3 Å². The van der Waals surface area contributed by atoms with E-state index >= 15 is 0 Å². The molecule has 0 aliphatic carbocycles. The van der Waals surface area contributed by atoms with Crippen molar-refractivity contribution >= 4 is 76.2 Å². The van der Waals surface area contributed by atoms with E-state index in [4.69, 9.17) is 23.8 Å². The minimum Gasteiger partial charge on any atom is -0.456 e. The molecule has 0 saturated heterocycles. The average molecular weight is 716 g/mol. The number of aromatic nitrogens is 3. The number of rotatable bonds is 4. The Hall–Kier alpha value is -7.63. The molecule has 0 radical (unpaired) electrons. The molecule has 0 N–H and O–H groups in total. The first kappa shape index (κ1) is 30.8. The number of nitrogens with zero attached hydrogens (tertiary/aromatic N) is 3. The van der Waals surface area contributed by atoms with Gasteiger partial charge in [0.15, 0.2) is 17.5 Å². The van der Waals surface area contributed by atoms with Crippen molar-refractivity contribution in [3.05, 3.63) is 176 Å². The highest BCUT2D eigenvalue weighted by molar-refractivity contribution is 6.14. The van der Waals surface area contributed by atoms with E-state index in [1.54, 1.807) is 0 Å². The van der Waals surface area contributed by atoms with Gasteiger partial charge in [-0.05, 0) is 79.8 Å². The zero-order valence-electron chi connectivity index (χ0n) is 29.9. The second-order valence-corrected chi connectivity index (χ2v) is 14.3. The molecule has 0 unspecified atom stereocenters. The normalized spacial score (nSPS) is 11.9. The zero-order chi connectivity index (χ0) is 36.7. The van der Waals surface area contributed by atoms with Crippen LogP contribution in [0.2, 0.25) is 0 Å². The average Bonchev–Trinajstić information content (AvgIpc) is 3.84. The minimum absolute atomic E-state index is 0.537. The fourth-order valence-corrected chi connectivity index (χ4v) is 8.48. The van der Waals surface area contributed by atoms with Crippen LogP contribution in [0.25, 0.3) is 121 Å². The molecule has 3 heterocycles. The van der Waals surface area contributed by atoms with Gasteiger partial charge in [-0.1, -0.05) is 140 Å². The molecular formula is C51H29N3O2. The van der Waals surface area contributed by atoms with E-state index < -0.39 is 0 Å². The Morgan fingerprint density at radius 1 is 0.304 bits per heavy atom. The van der Waals surface area contributed by atoms with Gasteiger partial charge in [-0.25, -0.2) is 15.0 Å². The number of hydrogen-bond acceptors (Lipinski definition) is 5. The summed E-state index contributed by atoms with van der Waals surface area (Å²) in [6.07, 6.45) is 0. The fraction of sp³-hybridized carbons (Fsp3) is 0. The van der Waals surface area contributed by atoms with Crippen LogP contribution in [-0.4, -0.2) is 15.0 Å². The maximum atomic E-state index is 6.51. The SMILES string of the molecule is c1ccc2c(-c3ccc4oc5cccc(-c6nc(-c7ccc8c(ccc9ccccc98)c7)nc(-c7cccc8c7oc7ccccc78)n6)c5c4c3)cccc2c1. The molecule has 12 aromatic rings. The summed E-state index contributed by atoms with van der Waals surface area (Å²) >= 11 is 0. The second kappa shape index (κ2) is 11.9. The van der Waals surface area contributed by atoms with Gasteiger partial charge in [-0.3, -0.25) is 0 Å². The highest BCUT2D eigenvalue weighted by Crippen LogP contribution is 2.41. The molecule has 12 rings (SSSR count). The summed E-state index contributed by atoms with van der Waals surface area (Å²) < 4.78 is 13.0. The molecule has 0 bridgehead atoms. The van der Waals surface area contributed by atoms with E-state index in [1.807, 2.05) is 42.5 Å². The van der Waals surface area contributed by atoms with Crippen molar-refractivity contribution in [2.75, 3.05) is 0 Å². The van der Waals surface area contributed by atoms with Crippen LogP contribution in [0.4, 0.5) is 0 Å². The Morgan fingerprint density at radius 3 is 1.80 bits per heavy atom. The second-order valence-electron chi connectivity index (χ2n) is 14.3. The van der Waals surface area contributed by atoms with Gasteiger partial charge >= 0.3 is 0 Å². The van der Waals surface area contributed by atoms with E-state index in [9.17, 15) is 0 Å². The van der Waals surface area contributed by atoms with Crippen molar-refractivity contribution in [1.29, 1.82) is 0 Å². The van der Waals surface area contributed by atoms with Crippen LogP contribution in [0.15, 0.2) is 185 Å². The molecule has 5 nitrogen and oxygen atoms in total. The van der Waals surface area contributed by atoms with Gasteiger partial charge in [-0.2, -0.15) is 0 Å². The Labute approximate surface area is 320 Å². The predicted octanol–water partition coefficient (Wildman–Crippen LogP) is 13.8. The first-order valence-electron chi connectivity index (χ1n) is 18.8. The monoisotopic (exact) mass is 715 g/mol. The number of fused-ring (bicyclic) bond motifs is 10. The molecular weight excluding hydrogens is 687 g/mol. The van der Waals surface area contributed by atoms with E-state index in [2.05, 4.69) is 133 Å². The molecule has 3 aromatic heterocycles. The third-order valence-electron chi connectivity index (χ3n) is 11.1. The maximum Gasteiger partial charge on any atom is 0.167 e. The highest BCUT2D eigenvalue weighted by atomic mass is 16.3. The summed E-state index contributed by atoms with van der Waals surface area (Å²) in [5.74, 6) is 1.67. The van der Waals surface area contributed by atoms with Crippen LogP contribution in [-0.2, 0) is 0 Å². The Balaban J connectivity index is 1.11. The van der Waals surface area contributed by atoms with E-state index in [0.717, 1.165) is 71.5 Å². The number of furan rings is 2. The number of para-hydroxylation sites is 2. The standard InChI is InChI=1S/C51H29N3O2/c1-3-13-35-30(10-1)12-7-16-37(35)33-25-27-45-43(29-33)47-41(18-9-21-46(47)55-45)50-52-49(34-24-26-38-32(28-34)23-22-31-11-2-4-14-36(31)38)53-51(54-50)42-19-8-17-40-39-15-5-6-20-44(39)56-48(40)42/h1-29H. The highest BCUT2D eigenvalue weighted by Gasteiger charge is 2.21. The molecule has 56 heavy (non-hydrogen) atoms. The minimum atomic E-state index is 0.537. The summed E-state index contributed by atoms with van der Waals surface area (Å²) in [6, 6.07) is 61.1.